The topological polar surface area (TPSA) is 89.3 Å². The average molecular weight is 306 g/mol. The number of nitrogens with one attached hydrogen (secondary N) is 1. The summed E-state index contributed by atoms with van der Waals surface area (Å²) in [7, 11) is -3.29. The Hall–Kier alpha value is -2.15. The average Bonchev–Trinajstić information content (AvgIpc) is 3.15. The first-order valence-corrected chi connectivity index (χ1v) is 8.39. The number of hydrogen-bond acceptors (Lipinski definition) is 5. The maximum Gasteiger partial charge on any atom is 0.260 e. The molecule has 1 aliphatic rings. The lowest BCUT2D eigenvalue weighted by molar-refractivity contribution is 0.102. The van der Waals surface area contributed by atoms with E-state index in [1.807, 2.05) is 0 Å². The van der Waals surface area contributed by atoms with Crippen LogP contribution < -0.4 is 5.32 Å². The van der Waals surface area contributed by atoms with E-state index in [9.17, 15) is 13.2 Å². The first-order valence-electron chi connectivity index (χ1n) is 6.50. The standard InChI is InChI=1S/C14H14N2O4S/c1-21(18,19)10-4-5-12(15-8-10)16-14(17)11-6-7-20-13(11)9-2-3-9/h4-9H,2-3H2,1H3,(H,15,16,17). The van der Waals surface area contributed by atoms with Crippen LogP contribution in [0.2, 0.25) is 0 Å². The van der Waals surface area contributed by atoms with E-state index in [1.165, 1.54) is 24.6 Å². The predicted octanol–water partition coefficient (Wildman–Crippen LogP) is 2.21. The maximum absolute atomic E-state index is 12.2. The Kier molecular flexibility index (Phi) is 3.29. The quantitative estimate of drug-likeness (QED) is 0.935. The molecule has 21 heavy (non-hydrogen) atoms. The van der Waals surface area contributed by atoms with Crippen molar-refractivity contribution >= 4 is 21.6 Å². The van der Waals surface area contributed by atoms with E-state index in [0.717, 1.165) is 19.1 Å². The lowest BCUT2D eigenvalue weighted by atomic mass is 10.2. The molecule has 2 aromatic heterocycles. The van der Waals surface area contributed by atoms with Gasteiger partial charge in [-0.05, 0) is 31.0 Å². The fourth-order valence-corrected chi connectivity index (χ4v) is 2.59. The summed E-state index contributed by atoms with van der Waals surface area (Å²) in [5, 5.41) is 2.64. The van der Waals surface area contributed by atoms with Crippen LogP contribution >= 0.6 is 0 Å². The molecule has 1 N–H and O–H groups in total. The molecule has 2 aromatic rings. The summed E-state index contributed by atoms with van der Waals surface area (Å²) in [5.74, 6) is 1.04. The van der Waals surface area contributed by atoms with Crippen molar-refractivity contribution in [1.82, 2.24) is 4.98 Å². The monoisotopic (exact) mass is 306 g/mol. The van der Waals surface area contributed by atoms with E-state index in [0.29, 0.717) is 23.1 Å². The first-order chi connectivity index (χ1) is 9.95. The van der Waals surface area contributed by atoms with Crippen LogP contribution in [0.15, 0.2) is 40.0 Å². The van der Waals surface area contributed by atoms with Gasteiger partial charge in [-0.1, -0.05) is 0 Å². The lowest BCUT2D eigenvalue weighted by Crippen LogP contribution is -2.14. The second kappa shape index (κ2) is 5.00. The van der Waals surface area contributed by atoms with Gasteiger partial charge in [-0.2, -0.15) is 0 Å². The minimum absolute atomic E-state index is 0.113. The third-order valence-electron chi connectivity index (χ3n) is 3.29. The molecule has 2 heterocycles. The zero-order valence-electron chi connectivity index (χ0n) is 11.4. The number of sulfone groups is 1. The van der Waals surface area contributed by atoms with Crippen LogP contribution in [0.1, 0.15) is 34.9 Å². The van der Waals surface area contributed by atoms with Gasteiger partial charge in [-0.3, -0.25) is 4.79 Å². The normalized spacial score (nSPS) is 14.9. The van der Waals surface area contributed by atoms with Crippen molar-refractivity contribution in [2.75, 3.05) is 11.6 Å². The third kappa shape index (κ3) is 2.97. The van der Waals surface area contributed by atoms with Crippen molar-refractivity contribution in [2.45, 2.75) is 23.7 Å². The smallest absolute Gasteiger partial charge is 0.260 e. The Morgan fingerprint density at radius 2 is 2.10 bits per heavy atom. The molecular formula is C14H14N2O4S. The van der Waals surface area contributed by atoms with E-state index in [2.05, 4.69) is 10.3 Å². The van der Waals surface area contributed by atoms with Gasteiger partial charge in [0, 0.05) is 18.4 Å². The molecule has 0 atom stereocenters. The molecular weight excluding hydrogens is 292 g/mol. The van der Waals surface area contributed by atoms with Gasteiger partial charge >= 0.3 is 0 Å². The van der Waals surface area contributed by atoms with Crippen LogP contribution in [0.5, 0.6) is 0 Å². The largest absolute Gasteiger partial charge is 0.468 e. The van der Waals surface area contributed by atoms with Gasteiger partial charge in [0.25, 0.3) is 5.91 Å². The van der Waals surface area contributed by atoms with E-state index in [1.54, 1.807) is 6.07 Å². The van der Waals surface area contributed by atoms with Crippen LogP contribution in [-0.2, 0) is 9.84 Å². The van der Waals surface area contributed by atoms with Crippen molar-refractivity contribution in [1.29, 1.82) is 0 Å². The number of aromatic nitrogens is 1. The molecule has 110 valence electrons. The van der Waals surface area contributed by atoms with E-state index in [4.69, 9.17) is 4.42 Å². The van der Waals surface area contributed by atoms with Crippen molar-refractivity contribution in [3.8, 4) is 0 Å². The van der Waals surface area contributed by atoms with Gasteiger partial charge in [0.2, 0.25) is 0 Å². The second-order valence-corrected chi connectivity index (χ2v) is 7.09. The molecule has 0 spiro atoms. The van der Waals surface area contributed by atoms with Gasteiger partial charge in [-0.15, -0.1) is 0 Å². The maximum atomic E-state index is 12.2. The number of nitrogens with zero attached hydrogens (tertiary/aromatic N) is 1. The van der Waals surface area contributed by atoms with E-state index >= 15 is 0 Å². The number of pyridine rings is 1. The van der Waals surface area contributed by atoms with Gasteiger partial charge in [-0.25, -0.2) is 13.4 Å². The van der Waals surface area contributed by atoms with Crippen molar-refractivity contribution < 1.29 is 17.6 Å². The van der Waals surface area contributed by atoms with E-state index in [-0.39, 0.29) is 10.8 Å². The van der Waals surface area contributed by atoms with Gasteiger partial charge < -0.3 is 9.73 Å². The summed E-state index contributed by atoms with van der Waals surface area (Å²) in [6.45, 7) is 0. The number of rotatable bonds is 4. The minimum Gasteiger partial charge on any atom is -0.468 e. The Balaban J connectivity index is 1.77. The molecule has 7 heteroatoms. The van der Waals surface area contributed by atoms with Crippen molar-refractivity contribution in [2.24, 2.45) is 0 Å². The van der Waals surface area contributed by atoms with Crippen molar-refractivity contribution in [3.63, 3.8) is 0 Å². The molecule has 0 unspecified atom stereocenters. The van der Waals surface area contributed by atoms with Crippen LogP contribution in [0, 0.1) is 0 Å². The highest BCUT2D eigenvalue weighted by atomic mass is 32.2. The Morgan fingerprint density at radius 3 is 2.67 bits per heavy atom. The first kappa shape index (κ1) is 13.8. The Labute approximate surface area is 122 Å². The number of hydrogen-bond donors (Lipinski definition) is 1. The Bertz CT molecular complexity index is 774. The number of furan rings is 1. The highest BCUT2D eigenvalue weighted by Gasteiger charge is 2.31. The van der Waals surface area contributed by atoms with Gasteiger partial charge in [0.05, 0.1) is 16.7 Å². The SMILES string of the molecule is CS(=O)(=O)c1ccc(NC(=O)c2ccoc2C2CC2)nc1. The molecule has 3 rings (SSSR count). The van der Waals surface area contributed by atoms with Crippen LogP contribution in [-0.4, -0.2) is 25.6 Å². The molecule has 0 radical (unpaired) electrons. The van der Waals surface area contributed by atoms with Crippen LogP contribution in [0.25, 0.3) is 0 Å². The number of carbonyl (C=O) groups is 1. The van der Waals surface area contributed by atoms with Crippen LogP contribution in [0.4, 0.5) is 5.82 Å². The summed E-state index contributed by atoms with van der Waals surface area (Å²) in [6.07, 6.45) is 5.91. The summed E-state index contributed by atoms with van der Waals surface area (Å²) in [5.41, 5.74) is 0.506. The number of anilines is 1. The number of carbonyl (C=O) groups excluding carboxylic acids is 1. The summed E-state index contributed by atoms with van der Waals surface area (Å²) < 4.78 is 28.0. The summed E-state index contributed by atoms with van der Waals surface area (Å²) in [4.78, 5) is 16.2. The molecule has 0 bridgehead atoms. The zero-order chi connectivity index (χ0) is 15.0. The molecule has 0 aliphatic heterocycles. The van der Waals surface area contributed by atoms with E-state index < -0.39 is 9.84 Å². The molecule has 0 saturated heterocycles. The third-order valence-corrected chi connectivity index (χ3v) is 4.39. The van der Waals surface area contributed by atoms with Crippen LogP contribution in [0.3, 0.4) is 0 Å². The second-order valence-electron chi connectivity index (χ2n) is 5.08. The lowest BCUT2D eigenvalue weighted by Gasteiger charge is -2.05. The zero-order valence-corrected chi connectivity index (χ0v) is 12.2. The highest BCUT2D eigenvalue weighted by Crippen LogP contribution is 2.42. The molecule has 0 aromatic carbocycles. The molecule has 6 nitrogen and oxygen atoms in total. The fourth-order valence-electron chi connectivity index (χ4n) is 2.03. The molecule has 1 amide bonds. The molecule has 1 saturated carbocycles. The minimum atomic E-state index is -3.29. The van der Waals surface area contributed by atoms with Gasteiger partial charge in [0.15, 0.2) is 9.84 Å². The molecule has 1 aliphatic carbocycles. The highest BCUT2D eigenvalue weighted by molar-refractivity contribution is 7.90. The predicted molar refractivity (Wildman–Crippen MR) is 76.0 cm³/mol. The van der Waals surface area contributed by atoms with Gasteiger partial charge in [0.1, 0.15) is 11.6 Å². The van der Waals surface area contributed by atoms with Crippen molar-refractivity contribution in [3.05, 3.63) is 42.0 Å². The molecule has 1 fully saturated rings. The fraction of sp³-hybridized carbons (Fsp3) is 0.286. The Morgan fingerprint density at radius 1 is 1.33 bits per heavy atom. The number of amides is 1. The summed E-state index contributed by atoms with van der Waals surface area (Å²) >= 11 is 0. The summed E-state index contributed by atoms with van der Waals surface area (Å²) in [6, 6.07) is 4.51.